The maximum absolute atomic E-state index is 12.7. The number of amides is 1. The number of rotatable bonds is 6. The van der Waals surface area contributed by atoms with Crippen molar-refractivity contribution >= 4 is 22.9 Å². The predicted octanol–water partition coefficient (Wildman–Crippen LogP) is 1.98. The summed E-state index contributed by atoms with van der Waals surface area (Å²) < 4.78 is 6.58. The first kappa shape index (κ1) is 15.2. The van der Waals surface area contributed by atoms with Gasteiger partial charge in [0.15, 0.2) is 0 Å². The van der Waals surface area contributed by atoms with E-state index in [0.717, 1.165) is 16.3 Å². The summed E-state index contributed by atoms with van der Waals surface area (Å²) in [7, 11) is 1.61. The minimum absolute atomic E-state index is 0.0872. The van der Waals surface area contributed by atoms with Crippen LogP contribution in [0.1, 0.15) is 4.88 Å². The van der Waals surface area contributed by atoms with Crippen LogP contribution < -0.4 is 9.64 Å². The van der Waals surface area contributed by atoms with Gasteiger partial charge in [0.25, 0.3) is 0 Å². The number of carbonyl (C=O) groups is 1. The van der Waals surface area contributed by atoms with E-state index in [1.165, 1.54) is 11.0 Å². The quantitative estimate of drug-likeness (QED) is 0.691. The third kappa shape index (κ3) is 3.72. The zero-order chi connectivity index (χ0) is 16.1. The van der Waals surface area contributed by atoms with Crippen LogP contribution in [0.3, 0.4) is 0 Å². The molecule has 0 saturated carbocycles. The smallest absolute Gasteiger partial charge is 0.249 e. The fourth-order valence-electron chi connectivity index (χ4n) is 2.12. The van der Waals surface area contributed by atoms with E-state index in [-0.39, 0.29) is 12.5 Å². The SMILES string of the molecule is COc1ccc(N(Cc2cccs2)C(=O)Cn2cnnn2)cc1. The van der Waals surface area contributed by atoms with E-state index in [2.05, 4.69) is 15.5 Å². The molecule has 0 aliphatic rings. The molecule has 0 aliphatic heterocycles. The van der Waals surface area contributed by atoms with Gasteiger partial charge in [0.2, 0.25) is 5.91 Å². The summed E-state index contributed by atoms with van der Waals surface area (Å²) in [6.45, 7) is 0.593. The number of nitrogens with zero attached hydrogens (tertiary/aromatic N) is 5. The van der Waals surface area contributed by atoms with E-state index in [1.807, 2.05) is 41.8 Å². The maximum Gasteiger partial charge on any atom is 0.249 e. The van der Waals surface area contributed by atoms with Gasteiger partial charge in [-0.1, -0.05) is 6.07 Å². The van der Waals surface area contributed by atoms with Gasteiger partial charge in [-0.2, -0.15) is 0 Å². The fourth-order valence-corrected chi connectivity index (χ4v) is 2.81. The first-order valence-corrected chi connectivity index (χ1v) is 7.82. The highest BCUT2D eigenvalue weighted by Gasteiger charge is 2.18. The second-order valence-corrected chi connectivity index (χ2v) is 5.80. The minimum atomic E-state index is -0.0872. The predicted molar refractivity (Wildman–Crippen MR) is 86.3 cm³/mol. The number of hydrogen-bond donors (Lipinski definition) is 0. The van der Waals surface area contributed by atoms with Crippen molar-refractivity contribution in [3.05, 3.63) is 53.0 Å². The molecule has 2 heterocycles. The van der Waals surface area contributed by atoms with Crippen molar-refractivity contribution in [3.8, 4) is 5.75 Å². The Morgan fingerprint density at radius 1 is 1.30 bits per heavy atom. The van der Waals surface area contributed by atoms with Crippen LogP contribution in [0.5, 0.6) is 5.75 Å². The molecule has 0 saturated heterocycles. The number of benzene rings is 1. The van der Waals surface area contributed by atoms with E-state index in [0.29, 0.717) is 6.54 Å². The minimum Gasteiger partial charge on any atom is -0.497 e. The Bertz CT molecular complexity index is 741. The third-order valence-corrected chi connectivity index (χ3v) is 4.13. The monoisotopic (exact) mass is 329 g/mol. The van der Waals surface area contributed by atoms with Crippen LogP contribution in [-0.4, -0.2) is 33.2 Å². The second-order valence-electron chi connectivity index (χ2n) is 4.76. The Kier molecular flexibility index (Phi) is 4.62. The van der Waals surface area contributed by atoms with Crippen molar-refractivity contribution in [1.82, 2.24) is 20.2 Å². The molecule has 0 spiro atoms. The van der Waals surface area contributed by atoms with Gasteiger partial charge in [-0.3, -0.25) is 4.79 Å². The lowest BCUT2D eigenvalue weighted by molar-refractivity contribution is -0.119. The Morgan fingerprint density at radius 2 is 2.13 bits per heavy atom. The molecule has 8 heteroatoms. The number of carbonyl (C=O) groups excluding carboxylic acids is 1. The van der Waals surface area contributed by atoms with Crippen LogP contribution in [0.15, 0.2) is 48.1 Å². The van der Waals surface area contributed by atoms with E-state index in [4.69, 9.17) is 4.74 Å². The number of tetrazole rings is 1. The Morgan fingerprint density at radius 3 is 2.74 bits per heavy atom. The molecule has 3 aromatic rings. The van der Waals surface area contributed by atoms with Gasteiger partial charge in [-0.05, 0) is 46.1 Å². The zero-order valence-corrected chi connectivity index (χ0v) is 13.3. The summed E-state index contributed by atoms with van der Waals surface area (Å²) >= 11 is 1.61. The summed E-state index contributed by atoms with van der Waals surface area (Å²) in [4.78, 5) is 15.5. The highest BCUT2D eigenvalue weighted by Crippen LogP contribution is 2.23. The largest absolute Gasteiger partial charge is 0.497 e. The van der Waals surface area contributed by atoms with E-state index in [1.54, 1.807) is 23.3 Å². The molecular weight excluding hydrogens is 314 g/mol. The van der Waals surface area contributed by atoms with Gasteiger partial charge >= 0.3 is 0 Å². The summed E-state index contributed by atoms with van der Waals surface area (Å²) in [6.07, 6.45) is 1.43. The van der Waals surface area contributed by atoms with Gasteiger partial charge in [0.05, 0.1) is 13.7 Å². The first-order valence-electron chi connectivity index (χ1n) is 6.94. The molecule has 0 unspecified atom stereocenters. The van der Waals surface area contributed by atoms with Gasteiger partial charge in [-0.25, -0.2) is 4.68 Å². The molecule has 0 bridgehead atoms. The number of ether oxygens (including phenoxy) is 1. The highest BCUT2D eigenvalue weighted by atomic mass is 32.1. The van der Waals surface area contributed by atoms with Crippen molar-refractivity contribution in [2.45, 2.75) is 13.1 Å². The Balaban J connectivity index is 1.84. The zero-order valence-electron chi connectivity index (χ0n) is 12.5. The van der Waals surface area contributed by atoms with Crippen molar-refractivity contribution in [3.63, 3.8) is 0 Å². The fraction of sp³-hybridized carbons (Fsp3) is 0.200. The summed E-state index contributed by atoms with van der Waals surface area (Å²) in [5.41, 5.74) is 0.803. The standard InChI is InChI=1S/C15H15N5O2S/c1-22-13-6-4-12(5-7-13)20(9-14-3-2-8-23-14)15(21)10-19-11-16-17-18-19/h2-8,11H,9-10H2,1H3. The van der Waals surface area contributed by atoms with Crippen molar-refractivity contribution < 1.29 is 9.53 Å². The summed E-state index contributed by atoms with van der Waals surface area (Å²) in [5.74, 6) is 0.661. The highest BCUT2D eigenvalue weighted by molar-refractivity contribution is 7.09. The molecule has 1 aromatic carbocycles. The van der Waals surface area contributed by atoms with Crippen molar-refractivity contribution in [2.24, 2.45) is 0 Å². The Labute approximate surface area is 137 Å². The van der Waals surface area contributed by atoms with Crippen LogP contribution in [0.2, 0.25) is 0 Å². The first-order chi connectivity index (χ1) is 11.3. The second kappa shape index (κ2) is 7.01. The molecule has 7 nitrogen and oxygen atoms in total. The number of aromatic nitrogens is 4. The van der Waals surface area contributed by atoms with Crippen LogP contribution >= 0.6 is 11.3 Å². The van der Waals surface area contributed by atoms with Gasteiger partial charge in [0.1, 0.15) is 18.6 Å². The molecule has 3 rings (SSSR count). The van der Waals surface area contributed by atoms with E-state index < -0.39 is 0 Å². The normalized spacial score (nSPS) is 10.5. The summed E-state index contributed by atoms with van der Waals surface area (Å²) in [5, 5.41) is 12.8. The van der Waals surface area contributed by atoms with E-state index in [9.17, 15) is 4.79 Å². The van der Waals surface area contributed by atoms with Gasteiger partial charge in [0, 0.05) is 10.6 Å². The molecule has 2 aromatic heterocycles. The summed E-state index contributed by atoms with van der Waals surface area (Å²) in [6, 6.07) is 11.4. The number of thiophene rings is 1. The average Bonchev–Trinajstić information content (AvgIpc) is 3.26. The molecule has 0 atom stereocenters. The van der Waals surface area contributed by atoms with Crippen molar-refractivity contribution in [1.29, 1.82) is 0 Å². The van der Waals surface area contributed by atoms with Gasteiger partial charge in [-0.15, -0.1) is 16.4 Å². The number of methoxy groups -OCH3 is 1. The lowest BCUT2D eigenvalue weighted by Crippen LogP contribution is -2.33. The topological polar surface area (TPSA) is 73.1 Å². The van der Waals surface area contributed by atoms with E-state index >= 15 is 0 Å². The Hall–Kier alpha value is -2.74. The molecular formula is C15H15N5O2S. The molecule has 0 radical (unpaired) electrons. The molecule has 23 heavy (non-hydrogen) atoms. The van der Waals surface area contributed by atoms with Crippen LogP contribution in [0.4, 0.5) is 5.69 Å². The van der Waals surface area contributed by atoms with Gasteiger partial charge < -0.3 is 9.64 Å². The maximum atomic E-state index is 12.7. The van der Waals surface area contributed by atoms with Crippen LogP contribution in [0.25, 0.3) is 0 Å². The number of anilines is 1. The molecule has 0 N–H and O–H groups in total. The average molecular weight is 329 g/mol. The third-order valence-electron chi connectivity index (χ3n) is 3.27. The molecule has 0 fully saturated rings. The lowest BCUT2D eigenvalue weighted by Gasteiger charge is -2.22. The molecule has 0 aliphatic carbocycles. The molecule has 1 amide bonds. The molecule has 118 valence electrons. The van der Waals surface area contributed by atoms with Crippen LogP contribution in [0, 0.1) is 0 Å². The number of hydrogen-bond acceptors (Lipinski definition) is 6. The lowest BCUT2D eigenvalue weighted by atomic mass is 10.2. The van der Waals surface area contributed by atoms with Crippen molar-refractivity contribution in [2.75, 3.05) is 12.0 Å². The van der Waals surface area contributed by atoms with Crippen LogP contribution in [-0.2, 0) is 17.9 Å².